The van der Waals surface area contributed by atoms with Gasteiger partial charge in [-0.25, -0.2) is 9.18 Å². The number of anilines is 1. The van der Waals surface area contributed by atoms with Crippen molar-refractivity contribution < 1.29 is 56.0 Å². The molecule has 272 valence electrons. The van der Waals surface area contributed by atoms with E-state index >= 15 is 0 Å². The highest BCUT2D eigenvalue weighted by atomic mass is 19.4. The molecule has 2 amide bonds. The number of nitrogens with two attached hydrogens (primary N) is 1. The van der Waals surface area contributed by atoms with Crippen LogP contribution in [0, 0.1) is 5.82 Å². The molecule has 0 saturated carbocycles. The van der Waals surface area contributed by atoms with Gasteiger partial charge in [0.1, 0.15) is 11.6 Å². The van der Waals surface area contributed by atoms with Gasteiger partial charge in [-0.1, -0.05) is 42.5 Å². The highest BCUT2D eigenvalue weighted by molar-refractivity contribution is 5.96. The molecule has 0 aliphatic carbocycles. The summed E-state index contributed by atoms with van der Waals surface area (Å²) in [5.74, 6) is -1.58. The molecule has 4 N–H and O–H groups in total. The third-order valence-electron chi connectivity index (χ3n) is 7.13. The molecule has 15 heteroatoms. The number of ether oxygens (including phenoxy) is 4. The molecule has 4 aromatic carbocycles. The van der Waals surface area contributed by atoms with Gasteiger partial charge in [-0.2, -0.15) is 13.2 Å². The first-order valence-electron chi connectivity index (χ1n) is 15.3. The van der Waals surface area contributed by atoms with Crippen molar-refractivity contribution in [2.24, 2.45) is 5.73 Å². The first-order chi connectivity index (χ1) is 24.3. The number of carboxylic acids is 1. The van der Waals surface area contributed by atoms with Gasteiger partial charge in [0, 0.05) is 31.5 Å². The molecule has 0 fully saturated rings. The number of alkyl halides is 3. The lowest BCUT2D eigenvalue weighted by Crippen LogP contribution is -2.32. The van der Waals surface area contributed by atoms with Crippen molar-refractivity contribution in [1.82, 2.24) is 5.32 Å². The van der Waals surface area contributed by atoms with Crippen molar-refractivity contribution in [2.75, 3.05) is 26.2 Å². The molecule has 0 aliphatic rings. The van der Waals surface area contributed by atoms with Crippen LogP contribution >= 0.6 is 0 Å². The maximum atomic E-state index is 14.0. The molecule has 0 aromatic heterocycles. The lowest BCUT2D eigenvalue weighted by molar-refractivity contribution is -0.192. The van der Waals surface area contributed by atoms with Gasteiger partial charge in [-0.05, 0) is 53.6 Å². The van der Waals surface area contributed by atoms with Gasteiger partial charge in [0.15, 0.2) is 17.2 Å². The van der Waals surface area contributed by atoms with Crippen molar-refractivity contribution in [3.05, 3.63) is 107 Å². The first-order valence-corrected chi connectivity index (χ1v) is 15.3. The van der Waals surface area contributed by atoms with Crippen LogP contribution in [0.2, 0.25) is 0 Å². The van der Waals surface area contributed by atoms with Crippen LogP contribution in [0.3, 0.4) is 0 Å². The van der Waals surface area contributed by atoms with E-state index in [0.29, 0.717) is 52.1 Å². The predicted molar refractivity (Wildman–Crippen MR) is 179 cm³/mol. The zero-order valence-electron chi connectivity index (χ0n) is 28.0. The maximum absolute atomic E-state index is 14.0. The number of carbonyl (C=O) groups is 3. The second kappa shape index (κ2) is 18.8. The molecule has 0 spiro atoms. The molecular weight excluding hydrogens is 678 g/mol. The zero-order valence-corrected chi connectivity index (χ0v) is 28.0. The topological polar surface area (TPSA) is 150 Å². The van der Waals surface area contributed by atoms with Gasteiger partial charge >= 0.3 is 12.1 Å². The Morgan fingerprint density at radius 1 is 0.804 bits per heavy atom. The van der Waals surface area contributed by atoms with Gasteiger partial charge in [0.2, 0.25) is 17.6 Å². The van der Waals surface area contributed by atoms with E-state index < -0.39 is 18.0 Å². The van der Waals surface area contributed by atoms with Crippen molar-refractivity contribution in [2.45, 2.75) is 38.7 Å². The number of rotatable bonds is 14. The number of methoxy groups -OCH3 is 3. The van der Waals surface area contributed by atoms with Gasteiger partial charge in [0.05, 0.1) is 33.6 Å². The molecule has 0 bridgehead atoms. The molecule has 0 atom stereocenters. The zero-order chi connectivity index (χ0) is 37.6. The average Bonchev–Trinajstić information content (AvgIpc) is 3.12. The van der Waals surface area contributed by atoms with E-state index in [1.165, 1.54) is 27.4 Å². The van der Waals surface area contributed by atoms with Crippen LogP contribution in [0.4, 0.5) is 23.2 Å². The van der Waals surface area contributed by atoms with Gasteiger partial charge in [0.25, 0.3) is 0 Å². The standard InChI is InChI=1S/C34H36FN3O6.C2HF3O2/c1-41-30-18-24(19-31(42-2)34(30)43-3)22-38(33(40)16-15-32(39)37-21-25-10-4-5-12-27(25)35)28-13-6-7-14-29(28)44-26-11-8-9-23(17-26)20-36;3-2(4,5)1(6)7/h4-14,17-19H,15-16,20-22,36H2,1-3H3,(H,37,39);(H,6,7). The fourth-order valence-corrected chi connectivity index (χ4v) is 4.63. The van der Waals surface area contributed by atoms with Crippen molar-refractivity contribution in [1.29, 1.82) is 0 Å². The van der Waals surface area contributed by atoms with Crippen LogP contribution in [-0.4, -0.2) is 50.4 Å². The van der Waals surface area contributed by atoms with Crippen molar-refractivity contribution >= 4 is 23.5 Å². The van der Waals surface area contributed by atoms with Gasteiger partial charge < -0.3 is 40.0 Å². The molecule has 4 rings (SSSR count). The van der Waals surface area contributed by atoms with E-state index in [1.807, 2.05) is 24.3 Å². The van der Waals surface area contributed by atoms with E-state index in [4.69, 9.17) is 34.6 Å². The number of benzene rings is 4. The molecule has 51 heavy (non-hydrogen) atoms. The average molecular weight is 716 g/mol. The summed E-state index contributed by atoms with van der Waals surface area (Å²) in [4.78, 5) is 37.0. The number of nitrogens with zero attached hydrogens (tertiary/aromatic N) is 1. The minimum atomic E-state index is -5.08. The Kier molecular flexibility index (Phi) is 14.6. The number of para-hydroxylation sites is 2. The van der Waals surface area contributed by atoms with E-state index in [9.17, 15) is 27.2 Å². The molecule has 4 aromatic rings. The minimum Gasteiger partial charge on any atom is -0.493 e. The Labute approximate surface area is 291 Å². The maximum Gasteiger partial charge on any atom is 0.490 e. The Bertz CT molecular complexity index is 1780. The Morgan fingerprint density at radius 3 is 2.02 bits per heavy atom. The summed E-state index contributed by atoms with van der Waals surface area (Å²) >= 11 is 0. The monoisotopic (exact) mass is 715 g/mol. The summed E-state index contributed by atoms with van der Waals surface area (Å²) in [6, 6.07) is 24.3. The SMILES string of the molecule is COc1cc(CN(C(=O)CCC(=O)NCc2ccccc2F)c2ccccc2Oc2cccc(CN)c2)cc(OC)c1OC.O=C(O)C(F)(F)F. The third-order valence-corrected chi connectivity index (χ3v) is 7.13. The largest absolute Gasteiger partial charge is 0.493 e. The summed E-state index contributed by atoms with van der Waals surface area (Å²) in [5, 5.41) is 9.81. The number of amides is 2. The third kappa shape index (κ3) is 11.6. The minimum absolute atomic E-state index is 0.0212. The number of nitrogens with one attached hydrogen (secondary N) is 1. The summed E-state index contributed by atoms with van der Waals surface area (Å²) < 4.78 is 68.5. The second-order valence-electron chi connectivity index (χ2n) is 10.6. The van der Waals surface area contributed by atoms with E-state index in [0.717, 1.165) is 5.56 Å². The molecule has 0 unspecified atom stereocenters. The Balaban J connectivity index is 0.000000908. The molecular formula is C36H37F4N3O8. The van der Waals surface area contributed by atoms with E-state index in [-0.39, 0.29) is 37.7 Å². The van der Waals surface area contributed by atoms with Crippen LogP contribution in [0.25, 0.3) is 0 Å². The fourth-order valence-electron chi connectivity index (χ4n) is 4.63. The van der Waals surface area contributed by atoms with Crippen LogP contribution in [0.5, 0.6) is 28.7 Å². The summed E-state index contributed by atoms with van der Waals surface area (Å²) in [6.07, 6.45) is -5.29. The summed E-state index contributed by atoms with van der Waals surface area (Å²) in [6.45, 7) is 0.479. The quantitative estimate of drug-likeness (QED) is 0.127. The van der Waals surface area contributed by atoms with Crippen LogP contribution < -0.4 is 34.9 Å². The summed E-state index contributed by atoms with van der Waals surface area (Å²) in [5.41, 5.74) is 8.26. The number of hydrogen-bond donors (Lipinski definition) is 3. The van der Waals surface area contributed by atoms with Crippen molar-refractivity contribution in [3.8, 4) is 28.7 Å². The van der Waals surface area contributed by atoms with Crippen LogP contribution in [0.1, 0.15) is 29.5 Å². The van der Waals surface area contributed by atoms with Gasteiger partial charge in [-0.3, -0.25) is 9.59 Å². The summed E-state index contributed by atoms with van der Waals surface area (Å²) in [7, 11) is 4.55. The van der Waals surface area contributed by atoms with Gasteiger partial charge in [-0.15, -0.1) is 0 Å². The number of carboxylic acid groups (broad SMARTS) is 1. The predicted octanol–water partition coefficient (Wildman–Crippen LogP) is 6.37. The number of carbonyl (C=O) groups excluding carboxylic acids is 2. The number of aliphatic carboxylic acids is 1. The first kappa shape index (κ1) is 39.6. The van der Waals surface area contributed by atoms with Crippen LogP contribution in [0.15, 0.2) is 84.9 Å². The Morgan fingerprint density at radius 2 is 1.43 bits per heavy atom. The smallest absolute Gasteiger partial charge is 0.490 e. The highest BCUT2D eigenvalue weighted by Gasteiger charge is 2.38. The van der Waals surface area contributed by atoms with Crippen molar-refractivity contribution in [3.63, 3.8) is 0 Å². The molecule has 0 saturated heterocycles. The van der Waals surface area contributed by atoms with E-state index in [1.54, 1.807) is 59.5 Å². The fraction of sp³-hybridized carbons (Fsp3) is 0.250. The second-order valence-corrected chi connectivity index (χ2v) is 10.6. The number of halogens is 4. The molecule has 11 nitrogen and oxygen atoms in total. The lowest BCUT2D eigenvalue weighted by Gasteiger charge is -2.26. The molecule has 0 radical (unpaired) electrons. The highest BCUT2D eigenvalue weighted by Crippen LogP contribution is 2.40. The molecule has 0 heterocycles. The normalized spacial score (nSPS) is 10.7. The van der Waals surface area contributed by atoms with Crippen LogP contribution in [-0.2, 0) is 34.0 Å². The number of hydrogen-bond acceptors (Lipinski definition) is 8. The lowest BCUT2D eigenvalue weighted by atomic mass is 10.1. The Hall–Kier alpha value is -5.83. The molecule has 0 aliphatic heterocycles. The van der Waals surface area contributed by atoms with E-state index in [2.05, 4.69) is 5.32 Å².